The summed E-state index contributed by atoms with van der Waals surface area (Å²) in [5, 5.41) is 32.2. The molecule has 1 saturated carbocycles. The minimum Gasteiger partial charge on any atom is -0.507 e. The van der Waals surface area contributed by atoms with E-state index in [9.17, 15) is 23.4 Å². The summed E-state index contributed by atoms with van der Waals surface area (Å²) in [4.78, 5) is 0. The van der Waals surface area contributed by atoms with Gasteiger partial charge in [0.25, 0.3) is 0 Å². The Balaban J connectivity index is 0.00000256. The smallest absolute Gasteiger partial charge is 0.416 e. The summed E-state index contributed by atoms with van der Waals surface area (Å²) in [6.45, 7) is 0.725. The topological polar surface area (TPSA) is 87.5 Å². The number of hydrogen-bond acceptors (Lipinski definition) is 6. The Morgan fingerprint density at radius 1 is 1.10 bits per heavy atom. The minimum atomic E-state index is -4.54. The first-order valence-electron chi connectivity index (χ1n) is 9.66. The van der Waals surface area contributed by atoms with E-state index in [0.29, 0.717) is 30.6 Å². The zero-order valence-electron chi connectivity index (χ0n) is 16.1. The largest absolute Gasteiger partial charge is 0.507 e. The molecule has 0 spiro atoms. The molecule has 0 radical (unpaired) electrons. The average Bonchev–Trinajstić information content (AvgIpc) is 2.69. The number of anilines is 1. The standard InChI is InChI=1S/C20H22F3N3O3.ClH/c21-20(22,23)11-5-6-13(17(28)9-11)18-12-7-8-29-10-14(12)19(26-25-18)24-15-3-1-2-4-16(15)27;/h5-6,9,15-16,27-28H,1-4,7-8,10H2,(H,24,26);1H/t15-,16-;/m1./s1. The number of aliphatic hydroxyl groups excluding tert-OH is 1. The van der Waals surface area contributed by atoms with Gasteiger partial charge in [0.1, 0.15) is 11.4 Å². The highest BCUT2D eigenvalue weighted by Crippen LogP contribution is 2.39. The molecular weight excluding hydrogens is 423 g/mol. The number of hydrogen-bond donors (Lipinski definition) is 3. The van der Waals surface area contributed by atoms with Crippen LogP contribution in [0.25, 0.3) is 11.3 Å². The predicted molar refractivity (Wildman–Crippen MR) is 107 cm³/mol. The summed E-state index contributed by atoms with van der Waals surface area (Å²) >= 11 is 0. The highest BCUT2D eigenvalue weighted by atomic mass is 35.5. The molecule has 1 aromatic heterocycles. The van der Waals surface area contributed by atoms with Crippen LogP contribution in [0.3, 0.4) is 0 Å². The molecule has 2 atom stereocenters. The van der Waals surface area contributed by atoms with Gasteiger partial charge >= 0.3 is 6.18 Å². The van der Waals surface area contributed by atoms with Crippen LogP contribution in [0.5, 0.6) is 5.75 Å². The number of phenols is 1. The van der Waals surface area contributed by atoms with Gasteiger partial charge in [0.05, 0.1) is 30.9 Å². The van der Waals surface area contributed by atoms with Gasteiger partial charge in [-0.2, -0.15) is 13.2 Å². The molecule has 0 unspecified atom stereocenters. The Labute approximate surface area is 177 Å². The van der Waals surface area contributed by atoms with E-state index in [4.69, 9.17) is 4.74 Å². The van der Waals surface area contributed by atoms with Crippen LogP contribution >= 0.6 is 12.4 Å². The van der Waals surface area contributed by atoms with E-state index in [-0.39, 0.29) is 30.6 Å². The van der Waals surface area contributed by atoms with Gasteiger partial charge in [-0.1, -0.05) is 12.8 Å². The number of ether oxygens (including phenoxy) is 1. The lowest BCUT2D eigenvalue weighted by atomic mass is 9.92. The Morgan fingerprint density at radius 2 is 1.87 bits per heavy atom. The third-order valence-electron chi connectivity index (χ3n) is 5.56. The van der Waals surface area contributed by atoms with Crippen LogP contribution in [-0.2, 0) is 23.9 Å². The van der Waals surface area contributed by atoms with Crippen molar-refractivity contribution in [2.75, 3.05) is 11.9 Å². The van der Waals surface area contributed by atoms with Gasteiger partial charge in [-0.3, -0.25) is 0 Å². The molecule has 1 aliphatic carbocycles. The second-order valence-electron chi connectivity index (χ2n) is 7.49. The van der Waals surface area contributed by atoms with Crippen LogP contribution in [0.2, 0.25) is 0 Å². The molecule has 3 N–H and O–H groups in total. The summed E-state index contributed by atoms with van der Waals surface area (Å²) < 4.78 is 44.3. The minimum absolute atomic E-state index is 0. The number of phenolic OH excluding ortho intramolecular Hbond substituents is 1. The molecule has 2 aromatic rings. The summed E-state index contributed by atoms with van der Waals surface area (Å²) in [6, 6.07) is 2.71. The maximum atomic E-state index is 12.9. The molecule has 0 amide bonds. The molecule has 0 bridgehead atoms. The number of nitrogens with zero attached hydrogens (tertiary/aromatic N) is 2. The Bertz CT molecular complexity index is 911. The molecule has 4 rings (SSSR count). The van der Waals surface area contributed by atoms with E-state index in [2.05, 4.69) is 15.5 Å². The third-order valence-corrected chi connectivity index (χ3v) is 5.56. The molecule has 30 heavy (non-hydrogen) atoms. The van der Waals surface area contributed by atoms with Crippen LogP contribution in [0, 0.1) is 0 Å². The Kier molecular flexibility index (Phi) is 6.74. The highest BCUT2D eigenvalue weighted by molar-refractivity contribution is 5.85. The molecule has 164 valence electrons. The number of aromatic hydroxyl groups is 1. The van der Waals surface area contributed by atoms with Crippen molar-refractivity contribution in [1.82, 2.24) is 10.2 Å². The normalized spacial score (nSPS) is 21.5. The summed E-state index contributed by atoms with van der Waals surface area (Å²) in [7, 11) is 0. The van der Waals surface area contributed by atoms with Crippen LogP contribution in [0.15, 0.2) is 18.2 Å². The van der Waals surface area contributed by atoms with Crippen molar-refractivity contribution in [2.24, 2.45) is 0 Å². The predicted octanol–water partition coefficient (Wildman–Crippen LogP) is 4.08. The fourth-order valence-corrected chi connectivity index (χ4v) is 3.98. The number of alkyl halides is 3. The van der Waals surface area contributed by atoms with Crippen LogP contribution in [-0.4, -0.2) is 39.2 Å². The van der Waals surface area contributed by atoms with Gasteiger partial charge < -0.3 is 20.3 Å². The summed E-state index contributed by atoms with van der Waals surface area (Å²) in [6.07, 6.45) is -0.964. The summed E-state index contributed by atoms with van der Waals surface area (Å²) in [5.74, 6) is 0.0204. The fourth-order valence-electron chi connectivity index (χ4n) is 3.98. The first-order chi connectivity index (χ1) is 13.8. The van der Waals surface area contributed by atoms with Crippen LogP contribution < -0.4 is 5.32 Å². The van der Waals surface area contributed by atoms with E-state index < -0.39 is 23.6 Å². The first-order valence-corrected chi connectivity index (χ1v) is 9.66. The van der Waals surface area contributed by atoms with Crippen LogP contribution in [0.4, 0.5) is 19.0 Å². The number of fused-ring (bicyclic) bond motifs is 1. The first kappa shape index (κ1) is 22.6. The Hall–Kier alpha value is -2.10. The van der Waals surface area contributed by atoms with Gasteiger partial charge in [0.15, 0.2) is 5.82 Å². The summed E-state index contributed by atoms with van der Waals surface area (Å²) in [5.41, 5.74) is 1.18. The average molecular weight is 446 g/mol. The molecule has 1 fully saturated rings. The lowest BCUT2D eigenvalue weighted by molar-refractivity contribution is -0.137. The zero-order valence-corrected chi connectivity index (χ0v) is 16.9. The van der Waals surface area contributed by atoms with Crippen LogP contribution in [0.1, 0.15) is 42.4 Å². The van der Waals surface area contributed by atoms with Gasteiger partial charge in [0, 0.05) is 11.1 Å². The van der Waals surface area contributed by atoms with Gasteiger partial charge in [0.2, 0.25) is 0 Å². The van der Waals surface area contributed by atoms with Gasteiger partial charge in [-0.25, -0.2) is 0 Å². The molecule has 10 heteroatoms. The SMILES string of the molecule is Cl.Oc1cc(C(F)(F)F)ccc1-c1nnc(N[C@@H]2CCCC[C@H]2O)c2c1CCOC2. The molecule has 1 aromatic carbocycles. The van der Waals surface area contributed by atoms with Gasteiger partial charge in [-0.05, 0) is 43.0 Å². The lowest BCUT2D eigenvalue weighted by Crippen LogP contribution is -2.37. The molecule has 2 heterocycles. The van der Waals surface area contributed by atoms with Crippen molar-refractivity contribution in [2.45, 2.75) is 57.0 Å². The fraction of sp³-hybridized carbons (Fsp3) is 0.500. The maximum absolute atomic E-state index is 12.9. The van der Waals surface area contributed by atoms with E-state index in [1.807, 2.05) is 0 Å². The quantitative estimate of drug-likeness (QED) is 0.660. The van der Waals surface area contributed by atoms with E-state index in [1.54, 1.807) is 0 Å². The van der Waals surface area contributed by atoms with E-state index >= 15 is 0 Å². The molecule has 2 aliphatic rings. The van der Waals surface area contributed by atoms with Crippen molar-refractivity contribution in [1.29, 1.82) is 0 Å². The zero-order chi connectivity index (χ0) is 20.6. The highest BCUT2D eigenvalue weighted by Gasteiger charge is 2.32. The number of rotatable bonds is 3. The van der Waals surface area contributed by atoms with Crippen molar-refractivity contribution in [3.05, 3.63) is 34.9 Å². The molecule has 0 saturated heterocycles. The van der Waals surface area contributed by atoms with Crippen molar-refractivity contribution in [3.8, 4) is 17.0 Å². The number of aromatic nitrogens is 2. The van der Waals surface area contributed by atoms with E-state index in [0.717, 1.165) is 42.9 Å². The van der Waals surface area contributed by atoms with Crippen molar-refractivity contribution >= 4 is 18.2 Å². The lowest BCUT2D eigenvalue weighted by Gasteiger charge is -2.30. The number of nitrogens with one attached hydrogen (secondary N) is 1. The second-order valence-corrected chi connectivity index (χ2v) is 7.49. The number of aliphatic hydroxyl groups is 1. The number of halogens is 4. The Morgan fingerprint density at radius 3 is 2.57 bits per heavy atom. The monoisotopic (exact) mass is 445 g/mol. The second kappa shape index (κ2) is 8.95. The molecule has 1 aliphatic heterocycles. The van der Waals surface area contributed by atoms with E-state index in [1.165, 1.54) is 6.07 Å². The van der Waals surface area contributed by atoms with Crippen molar-refractivity contribution in [3.63, 3.8) is 0 Å². The number of benzene rings is 1. The van der Waals surface area contributed by atoms with Gasteiger partial charge in [-0.15, -0.1) is 22.6 Å². The maximum Gasteiger partial charge on any atom is 0.416 e. The molecule has 6 nitrogen and oxygen atoms in total. The van der Waals surface area contributed by atoms with Crippen molar-refractivity contribution < 1.29 is 28.1 Å². The molecular formula is C20H23ClF3N3O3. The third kappa shape index (κ3) is 4.48.